The second-order valence-corrected chi connectivity index (χ2v) is 3.33. The van der Waals surface area contributed by atoms with E-state index in [-0.39, 0.29) is 12.3 Å². The molecule has 17 heavy (non-hydrogen) atoms. The van der Waals surface area contributed by atoms with Crippen LogP contribution in [0.4, 0.5) is 4.39 Å². The summed E-state index contributed by atoms with van der Waals surface area (Å²) in [5.41, 5.74) is 0.425. The first kappa shape index (κ1) is 11.1. The van der Waals surface area contributed by atoms with E-state index >= 15 is 0 Å². The lowest BCUT2D eigenvalue weighted by molar-refractivity contribution is 0.0690. The van der Waals surface area contributed by atoms with Crippen molar-refractivity contribution >= 4 is 5.97 Å². The first-order valence-electron chi connectivity index (χ1n) is 4.81. The quantitative estimate of drug-likeness (QED) is 0.849. The number of rotatable bonds is 4. The Morgan fingerprint density at radius 3 is 2.94 bits per heavy atom. The molecule has 0 spiro atoms. The van der Waals surface area contributed by atoms with Crippen LogP contribution >= 0.6 is 0 Å². The van der Waals surface area contributed by atoms with Crippen LogP contribution in [0.2, 0.25) is 0 Å². The molecule has 2 N–H and O–H groups in total. The molecule has 2 rings (SSSR count). The maximum atomic E-state index is 12.8. The molecule has 6 heteroatoms. The largest absolute Gasteiger partial charge is 0.487 e. The van der Waals surface area contributed by atoms with Gasteiger partial charge >= 0.3 is 5.97 Å². The SMILES string of the molecule is O=C(O)c1cc(COc2cccc(F)c2)[nH]n1. The second-order valence-electron chi connectivity index (χ2n) is 3.33. The molecular weight excluding hydrogens is 227 g/mol. The Bertz CT molecular complexity index is 539. The minimum atomic E-state index is -1.11. The van der Waals surface area contributed by atoms with Gasteiger partial charge in [-0.3, -0.25) is 5.10 Å². The topological polar surface area (TPSA) is 75.2 Å². The molecule has 1 aromatic heterocycles. The van der Waals surface area contributed by atoms with Crippen molar-refractivity contribution in [2.75, 3.05) is 0 Å². The van der Waals surface area contributed by atoms with E-state index in [0.717, 1.165) is 0 Å². The summed E-state index contributed by atoms with van der Waals surface area (Å²) < 4.78 is 18.1. The zero-order chi connectivity index (χ0) is 12.3. The van der Waals surface area contributed by atoms with E-state index in [1.165, 1.54) is 24.3 Å². The van der Waals surface area contributed by atoms with Crippen LogP contribution in [0.15, 0.2) is 30.3 Å². The van der Waals surface area contributed by atoms with Gasteiger partial charge in [0, 0.05) is 6.07 Å². The highest BCUT2D eigenvalue weighted by atomic mass is 19.1. The van der Waals surface area contributed by atoms with Crippen molar-refractivity contribution in [3.63, 3.8) is 0 Å². The summed E-state index contributed by atoms with van der Waals surface area (Å²) in [7, 11) is 0. The standard InChI is InChI=1S/C11H9FN2O3/c12-7-2-1-3-9(4-7)17-6-8-5-10(11(15)16)14-13-8/h1-5H,6H2,(H,13,14)(H,15,16). The number of halogens is 1. The van der Waals surface area contributed by atoms with E-state index in [0.29, 0.717) is 11.4 Å². The number of aromatic carboxylic acids is 1. The zero-order valence-corrected chi connectivity index (χ0v) is 8.68. The van der Waals surface area contributed by atoms with Gasteiger partial charge < -0.3 is 9.84 Å². The molecule has 0 atom stereocenters. The Balaban J connectivity index is 2.00. The van der Waals surface area contributed by atoms with Crippen LogP contribution in [-0.4, -0.2) is 21.3 Å². The molecule has 0 amide bonds. The molecule has 0 aliphatic rings. The molecule has 1 aromatic carbocycles. The molecule has 0 bridgehead atoms. The molecule has 0 saturated heterocycles. The number of H-pyrrole nitrogens is 1. The summed E-state index contributed by atoms with van der Waals surface area (Å²) in [5, 5.41) is 14.7. The molecule has 0 radical (unpaired) electrons. The summed E-state index contributed by atoms with van der Waals surface area (Å²) in [6.07, 6.45) is 0. The number of aromatic amines is 1. The molecule has 5 nitrogen and oxygen atoms in total. The van der Waals surface area contributed by atoms with E-state index in [9.17, 15) is 9.18 Å². The van der Waals surface area contributed by atoms with Crippen molar-refractivity contribution < 1.29 is 19.0 Å². The summed E-state index contributed by atoms with van der Waals surface area (Å²) in [6.45, 7) is 0.101. The number of ether oxygens (including phenoxy) is 1. The predicted octanol–water partition coefficient (Wildman–Crippen LogP) is 1.83. The highest BCUT2D eigenvalue weighted by molar-refractivity contribution is 5.85. The average molecular weight is 236 g/mol. The van der Waals surface area contributed by atoms with Crippen LogP contribution in [0, 0.1) is 5.82 Å². The normalized spacial score (nSPS) is 10.2. The van der Waals surface area contributed by atoms with Gasteiger partial charge in [-0.15, -0.1) is 0 Å². The summed E-state index contributed by atoms with van der Waals surface area (Å²) in [4.78, 5) is 10.6. The average Bonchev–Trinajstić information content (AvgIpc) is 2.75. The fraction of sp³-hybridized carbons (Fsp3) is 0.0909. The van der Waals surface area contributed by atoms with Gasteiger partial charge in [0.25, 0.3) is 0 Å². The monoisotopic (exact) mass is 236 g/mol. The van der Waals surface area contributed by atoms with Gasteiger partial charge in [-0.25, -0.2) is 9.18 Å². The number of hydrogen-bond donors (Lipinski definition) is 2. The van der Waals surface area contributed by atoms with E-state index in [4.69, 9.17) is 9.84 Å². The predicted molar refractivity (Wildman–Crippen MR) is 56.3 cm³/mol. The van der Waals surface area contributed by atoms with E-state index in [1.807, 2.05) is 0 Å². The zero-order valence-electron chi connectivity index (χ0n) is 8.68. The van der Waals surface area contributed by atoms with Gasteiger partial charge in [0.15, 0.2) is 5.69 Å². The Labute approximate surface area is 95.9 Å². The molecule has 0 aliphatic heterocycles. The molecule has 0 saturated carbocycles. The van der Waals surface area contributed by atoms with Crippen LogP contribution in [0.25, 0.3) is 0 Å². The van der Waals surface area contributed by atoms with Crippen LogP contribution in [-0.2, 0) is 6.61 Å². The molecule has 0 aliphatic carbocycles. The Kier molecular flexibility index (Phi) is 3.04. The molecular formula is C11H9FN2O3. The Morgan fingerprint density at radius 2 is 2.29 bits per heavy atom. The van der Waals surface area contributed by atoms with Gasteiger partial charge in [0.2, 0.25) is 0 Å². The van der Waals surface area contributed by atoms with Crippen LogP contribution in [0.1, 0.15) is 16.2 Å². The van der Waals surface area contributed by atoms with Crippen LogP contribution in [0.5, 0.6) is 5.75 Å². The number of carbonyl (C=O) groups is 1. The van der Waals surface area contributed by atoms with Gasteiger partial charge in [-0.2, -0.15) is 5.10 Å². The number of nitrogens with one attached hydrogen (secondary N) is 1. The van der Waals surface area contributed by atoms with Crippen LogP contribution < -0.4 is 4.74 Å². The maximum Gasteiger partial charge on any atom is 0.356 e. The van der Waals surface area contributed by atoms with Gasteiger partial charge in [0.1, 0.15) is 18.2 Å². The number of carboxylic acids is 1. The highest BCUT2D eigenvalue weighted by Crippen LogP contribution is 2.13. The minimum Gasteiger partial charge on any atom is -0.487 e. The van der Waals surface area contributed by atoms with Crippen molar-refractivity contribution in [1.29, 1.82) is 0 Å². The second kappa shape index (κ2) is 4.65. The van der Waals surface area contributed by atoms with Gasteiger partial charge in [0.05, 0.1) is 5.69 Å². The molecule has 2 aromatic rings. The van der Waals surface area contributed by atoms with Gasteiger partial charge in [-0.05, 0) is 18.2 Å². The number of carboxylic acid groups (broad SMARTS) is 1. The summed E-state index contributed by atoms with van der Waals surface area (Å²) in [6, 6.07) is 7.06. The lowest BCUT2D eigenvalue weighted by Crippen LogP contribution is -1.96. The number of aromatic nitrogens is 2. The smallest absolute Gasteiger partial charge is 0.356 e. The minimum absolute atomic E-state index is 0.0807. The Hall–Kier alpha value is -2.37. The third kappa shape index (κ3) is 2.81. The van der Waals surface area contributed by atoms with Crippen molar-refractivity contribution in [3.05, 3.63) is 47.5 Å². The Morgan fingerprint density at radius 1 is 1.47 bits per heavy atom. The number of hydrogen-bond acceptors (Lipinski definition) is 3. The van der Waals surface area contributed by atoms with E-state index < -0.39 is 11.8 Å². The molecule has 0 fully saturated rings. The first-order chi connectivity index (χ1) is 8.15. The maximum absolute atomic E-state index is 12.8. The number of nitrogens with zero attached hydrogens (tertiary/aromatic N) is 1. The van der Waals surface area contributed by atoms with Crippen molar-refractivity contribution in [2.45, 2.75) is 6.61 Å². The van der Waals surface area contributed by atoms with Crippen molar-refractivity contribution in [3.8, 4) is 5.75 Å². The van der Waals surface area contributed by atoms with Crippen LogP contribution in [0.3, 0.4) is 0 Å². The fourth-order valence-corrected chi connectivity index (χ4v) is 1.26. The van der Waals surface area contributed by atoms with Gasteiger partial charge in [-0.1, -0.05) is 6.07 Å². The highest BCUT2D eigenvalue weighted by Gasteiger charge is 2.08. The lowest BCUT2D eigenvalue weighted by Gasteiger charge is -2.03. The lowest BCUT2D eigenvalue weighted by atomic mass is 10.3. The third-order valence-corrected chi connectivity index (χ3v) is 2.04. The van der Waals surface area contributed by atoms with E-state index in [2.05, 4.69) is 10.2 Å². The van der Waals surface area contributed by atoms with Crippen molar-refractivity contribution in [2.24, 2.45) is 0 Å². The molecule has 0 unspecified atom stereocenters. The van der Waals surface area contributed by atoms with E-state index in [1.54, 1.807) is 6.07 Å². The molecule has 1 heterocycles. The number of benzene rings is 1. The summed E-state index contributed by atoms with van der Waals surface area (Å²) >= 11 is 0. The third-order valence-electron chi connectivity index (χ3n) is 2.04. The van der Waals surface area contributed by atoms with Crippen molar-refractivity contribution in [1.82, 2.24) is 10.2 Å². The molecule has 88 valence electrons. The first-order valence-corrected chi connectivity index (χ1v) is 4.81. The summed E-state index contributed by atoms with van der Waals surface area (Å²) in [5.74, 6) is -1.13. The fourth-order valence-electron chi connectivity index (χ4n) is 1.26.